The van der Waals surface area contributed by atoms with Crippen molar-refractivity contribution in [3.05, 3.63) is 99.4 Å². The van der Waals surface area contributed by atoms with Gasteiger partial charge in [0, 0.05) is 16.5 Å². The standard InChI is InChI=1S/C23H12O4/c24-20-14(11-19-21(25)16-7-3-4-8-17(16)22(19)26)12-27-23-15-6-2-1-5-13(15)9-10-18(20)23/h1-12H. The first-order valence-corrected chi connectivity index (χ1v) is 8.48. The Labute approximate surface area is 153 Å². The molecular weight excluding hydrogens is 340 g/mol. The predicted molar refractivity (Wildman–Crippen MR) is 103 cm³/mol. The summed E-state index contributed by atoms with van der Waals surface area (Å²) in [7, 11) is 0. The SMILES string of the molecule is O=C1C(=Cc2coc3c(ccc4ccccc43)c2=O)C(=O)c2ccccc21. The molecule has 1 heterocycles. The second-order valence-corrected chi connectivity index (χ2v) is 6.45. The third-order valence-corrected chi connectivity index (χ3v) is 4.90. The monoisotopic (exact) mass is 352 g/mol. The Morgan fingerprint density at radius 3 is 2.11 bits per heavy atom. The highest BCUT2D eigenvalue weighted by atomic mass is 16.3. The second kappa shape index (κ2) is 5.61. The molecule has 4 nitrogen and oxygen atoms in total. The fourth-order valence-corrected chi connectivity index (χ4v) is 3.54. The zero-order valence-corrected chi connectivity index (χ0v) is 14.1. The molecule has 128 valence electrons. The molecule has 0 unspecified atom stereocenters. The number of benzene rings is 3. The number of allylic oxidation sites excluding steroid dienone is 1. The molecule has 27 heavy (non-hydrogen) atoms. The first-order valence-electron chi connectivity index (χ1n) is 8.48. The maximum atomic E-state index is 12.9. The third-order valence-electron chi connectivity index (χ3n) is 4.90. The van der Waals surface area contributed by atoms with Gasteiger partial charge >= 0.3 is 0 Å². The first kappa shape index (κ1) is 15.5. The number of carbonyl (C=O) groups excluding carboxylic acids is 2. The molecule has 1 aliphatic rings. The van der Waals surface area contributed by atoms with Crippen molar-refractivity contribution in [2.24, 2.45) is 0 Å². The van der Waals surface area contributed by atoms with E-state index < -0.39 is 0 Å². The van der Waals surface area contributed by atoms with Crippen LogP contribution in [0.4, 0.5) is 0 Å². The molecule has 4 heteroatoms. The maximum Gasteiger partial charge on any atom is 0.199 e. The molecule has 0 bridgehead atoms. The smallest absolute Gasteiger partial charge is 0.199 e. The Morgan fingerprint density at radius 1 is 0.704 bits per heavy atom. The van der Waals surface area contributed by atoms with Gasteiger partial charge in [0.1, 0.15) is 11.8 Å². The summed E-state index contributed by atoms with van der Waals surface area (Å²) >= 11 is 0. The van der Waals surface area contributed by atoms with Crippen LogP contribution in [-0.4, -0.2) is 11.6 Å². The summed E-state index contributed by atoms with van der Waals surface area (Å²) in [5.74, 6) is -0.734. The van der Waals surface area contributed by atoms with E-state index in [1.807, 2.05) is 30.3 Å². The van der Waals surface area contributed by atoms with Crippen LogP contribution in [0, 0.1) is 0 Å². The van der Waals surface area contributed by atoms with Crippen LogP contribution in [0.15, 0.2) is 81.7 Å². The molecule has 0 saturated carbocycles. The summed E-state index contributed by atoms with van der Waals surface area (Å²) in [5.41, 5.74) is 1.12. The summed E-state index contributed by atoms with van der Waals surface area (Å²) in [4.78, 5) is 38.0. The lowest BCUT2D eigenvalue weighted by Gasteiger charge is -2.03. The first-order chi connectivity index (χ1) is 13.1. The number of fused-ring (bicyclic) bond motifs is 4. The second-order valence-electron chi connectivity index (χ2n) is 6.45. The molecule has 1 aromatic heterocycles. The molecule has 0 saturated heterocycles. The summed E-state index contributed by atoms with van der Waals surface area (Å²) in [6.45, 7) is 0. The highest BCUT2D eigenvalue weighted by Gasteiger charge is 2.32. The topological polar surface area (TPSA) is 64.3 Å². The van der Waals surface area contributed by atoms with E-state index in [1.54, 1.807) is 30.3 Å². The van der Waals surface area contributed by atoms with Crippen LogP contribution in [-0.2, 0) is 0 Å². The lowest BCUT2D eigenvalue weighted by molar-refractivity contribution is 0.0990. The fraction of sp³-hybridized carbons (Fsp3) is 0. The lowest BCUT2D eigenvalue weighted by atomic mass is 10.0. The van der Waals surface area contributed by atoms with Crippen molar-refractivity contribution < 1.29 is 14.0 Å². The lowest BCUT2D eigenvalue weighted by Crippen LogP contribution is -2.08. The highest BCUT2D eigenvalue weighted by Crippen LogP contribution is 2.28. The molecule has 0 aliphatic heterocycles. The summed E-state index contributed by atoms with van der Waals surface area (Å²) in [5, 5.41) is 2.22. The quantitative estimate of drug-likeness (QED) is 0.289. The molecule has 1 aliphatic carbocycles. The van der Waals surface area contributed by atoms with Gasteiger partial charge in [0.05, 0.1) is 16.5 Å². The Kier molecular flexibility index (Phi) is 3.21. The summed E-state index contributed by atoms with van der Waals surface area (Å²) in [6.07, 6.45) is 2.65. The zero-order valence-electron chi connectivity index (χ0n) is 14.1. The number of hydrogen-bond donors (Lipinski definition) is 0. The summed E-state index contributed by atoms with van der Waals surface area (Å²) < 4.78 is 5.73. The fourth-order valence-electron chi connectivity index (χ4n) is 3.54. The number of carbonyl (C=O) groups is 2. The molecule has 4 aromatic rings. The van der Waals surface area contributed by atoms with E-state index in [0.29, 0.717) is 22.1 Å². The van der Waals surface area contributed by atoms with Gasteiger partial charge in [0.2, 0.25) is 0 Å². The van der Waals surface area contributed by atoms with Crippen LogP contribution in [0.25, 0.3) is 27.8 Å². The molecule has 5 rings (SSSR count). The minimum Gasteiger partial charge on any atom is -0.463 e. The largest absolute Gasteiger partial charge is 0.463 e. The van der Waals surface area contributed by atoms with Crippen molar-refractivity contribution in [2.45, 2.75) is 0 Å². The molecule has 0 amide bonds. The average molecular weight is 352 g/mol. The van der Waals surface area contributed by atoms with Crippen molar-refractivity contribution in [3.8, 4) is 0 Å². The summed E-state index contributed by atoms with van der Waals surface area (Å²) in [6, 6.07) is 17.8. The van der Waals surface area contributed by atoms with Crippen molar-refractivity contribution in [1.82, 2.24) is 0 Å². The van der Waals surface area contributed by atoms with E-state index >= 15 is 0 Å². The number of rotatable bonds is 1. The third kappa shape index (κ3) is 2.20. The van der Waals surface area contributed by atoms with E-state index in [0.717, 1.165) is 10.8 Å². The van der Waals surface area contributed by atoms with Gasteiger partial charge in [0.15, 0.2) is 17.0 Å². The van der Waals surface area contributed by atoms with Crippen molar-refractivity contribution in [2.75, 3.05) is 0 Å². The Bertz CT molecular complexity index is 1340. The molecule has 3 aromatic carbocycles. The van der Waals surface area contributed by atoms with E-state index in [1.165, 1.54) is 12.3 Å². The molecular formula is C23H12O4. The van der Waals surface area contributed by atoms with Gasteiger partial charge in [0.25, 0.3) is 0 Å². The van der Waals surface area contributed by atoms with Gasteiger partial charge in [-0.15, -0.1) is 0 Å². The molecule has 0 radical (unpaired) electrons. The Hall–Kier alpha value is -3.79. The van der Waals surface area contributed by atoms with Crippen molar-refractivity contribution in [3.63, 3.8) is 0 Å². The van der Waals surface area contributed by atoms with Crippen LogP contribution >= 0.6 is 0 Å². The van der Waals surface area contributed by atoms with Gasteiger partial charge in [-0.2, -0.15) is 0 Å². The van der Waals surface area contributed by atoms with Crippen LogP contribution in [0.2, 0.25) is 0 Å². The zero-order chi connectivity index (χ0) is 18.5. The predicted octanol–water partition coefficient (Wildman–Crippen LogP) is 4.41. The molecule has 0 N–H and O–H groups in total. The number of hydrogen-bond acceptors (Lipinski definition) is 4. The van der Waals surface area contributed by atoms with Crippen molar-refractivity contribution >= 4 is 39.4 Å². The Morgan fingerprint density at radius 2 is 1.37 bits per heavy atom. The molecule has 0 spiro atoms. The van der Waals surface area contributed by atoms with Crippen LogP contribution in [0.5, 0.6) is 0 Å². The van der Waals surface area contributed by atoms with Gasteiger partial charge in [-0.05, 0) is 17.5 Å². The Balaban J connectivity index is 1.71. The van der Waals surface area contributed by atoms with Gasteiger partial charge in [-0.3, -0.25) is 14.4 Å². The average Bonchev–Trinajstić information content (AvgIpc) is 2.95. The van der Waals surface area contributed by atoms with Crippen molar-refractivity contribution in [1.29, 1.82) is 0 Å². The molecule has 0 atom stereocenters. The maximum absolute atomic E-state index is 12.9. The van der Waals surface area contributed by atoms with Gasteiger partial charge < -0.3 is 4.42 Å². The highest BCUT2D eigenvalue weighted by molar-refractivity contribution is 6.41. The van der Waals surface area contributed by atoms with Crippen LogP contribution in [0.1, 0.15) is 26.3 Å². The van der Waals surface area contributed by atoms with E-state index in [2.05, 4.69) is 0 Å². The number of Topliss-reactive ketones (excluding diaryl/α,β-unsaturated/α-hetero) is 2. The van der Waals surface area contributed by atoms with E-state index in [4.69, 9.17) is 4.42 Å². The minimum atomic E-state index is -0.367. The minimum absolute atomic E-state index is 0.0105. The van der Waals surface area contributed by atoms with E-state index in [-0.39, 0.29) is 28.1 Å². The molecule has 0 fully saturated rings. The van der Waals surface area contributed by atoms with E-state index in [9.17, 15) is 14.4 Å². The van der Waals surface area contributed by atoms with Crippen LogP contribution < -0.4 is 5.43 Å². The van der Waals surface area contributed by atoms with Gasteiger partial charge in [-0.25, -0.2) is 0 Å². The normalized spacial score (nSPS) is 13.4. The van der Waals surface area contributed by atoms with Gasteiger partial charge in [-0.1, -0.05) is 54.6 Å². The van der Waals surface area contributed by atoms with Crippen LogP contribution in [0.3, 0.4) is 0 Å². The number of ketones is 2.